The second-order valence-electron chi connectivity index (χ2n) is 5.69. The molecule has 0 radical (unpaired) electrons. The zero-order chi connectivity index (χ0) is 15.7. The fourth-order valence-corrected chi connectivity index (χ4v) is 3.65. The maximum Gasteiger partial charge on any atom is 0.132 e. The van der Waals surface area contributed by atoms with E-state index in [1.807, 2.05) is 0 Å². The Balaban J connectivity index is 2.16. The number of thioether (sulfide) groups is 1. The predicted octanol–water partition coefficient (Wildman–Crippen LogP) is 1.27. The molecule has 0 bridgehead atoms. The van der Waals surface area contributed by atoms with Crippen LogP contribution in [0, 0.1) is 0 Å². The first-order chi connectivity index (χ1) is 10.1. The van der Waals surface area contributed by atoms with Crippen molar-refractivity contribution >= 4 is 11.8 Å². The van der Waals surface area contributed by atoms with Crippen LogP contribution in [0.4, 0.5) is 0 Å². The summed E-state index contributed by atoms with van der Waals surface area (Å²) in [5.74, 6) is 0.844. The fourth-order valence-electron chi connectivity index (χ4n) is 2.46. The summed E-state index contributed by atoms with van der Waals surface area (Å²) in [6, 6.07) is 0. The minimum atomic E-state index is -1.26. The first-order valence-electron chi connectivity index (χ1n) is 8.04. The van der Waals surface area contributed by atoms with E-state index in [0.29, 0.717) is 0 Å². The first kappa shape index (κ1) is 19.2. The lowest BCUT2D eigenvalue weighted by Crippen LogP contribution is -2.57. The molecule has 0 aromatic heterocycles. The molecule has 0 saturated carbocycles. The quantitative estimate of drug-likeness (QED) is 0.453. The molecule has 1 fully saturated rings. The minimum Gasteiger partial charge on any atom is -0.394 e. The summed E-state index contributed by atoms with van der Waals surface area (Å²) < 4.78 is 5.44. The third-order valence-corrected chi connectivity index (χ3v) is 5.12. The Bertz CT molecular complexity index is 264. The minimum absolute atomic E-state index is 0.362. The number of hydrogen-bond acceptors (Lipinski definition) is 6. The van der Waals surface area contributed by atoms with Gasteiger partial charge in [-0.3, -0.25) is 0 Å². The Morgan fingerprint density at radius 3 is 2.10 bits per heavy atom. The molecule has 0 aromatic rings. The van der Waals surface area contributed by atoms with Crippen molar-refractivity contribution in [2.45, 2.75) is 81.7 Å². The summed E-state index contributed by atoms with van der Waals surface area (Å²) >= 11 is 1.44. The molecular formula is C15H30O5S. The number of aliphatic hydroxyl groups is 4. The van der Waals surface area contributed by atoms with Gasteiger partial charge in [0.1, 0.15) is 29.9 Å². The van der Waals surface area contributed by atoms with Gasteiger partial charge >= 0.3 is 0 Å². The van der Waals surface area contributed by atoms with Gasteiger partial charge in [0.15, 0.2) is 0 Å². The molecule has 1 saturated heterocycles. The third-order valence-electron chi connectivity index (χ3n) is 3.88. The van der Waals surface area contributed by atoms with Crippen LogP contribution in [0.3, 0.4) is 0 Å². The molecule has 5 atom stereocenters. The van der Waals surface area contributed by atoms with Crippen molar-refractivity contribution < 1.29 is 25.2 Å². The molecule has 0 amide bonds. The topological polar surface area (TPSA) is 90.2 Å². The highest BCUT2D eigenvalue weighted by Gasteiger charge is 2.43. The summed E-state index contributed by atoms with van der Waals surface area (Å²) in [5.41, 5.74) is -0.583. The standard InChI is InChI=1S/C15H30O5S/c1-2-3-4-5-6-7-8-9-21-15-14(19)13(18)12(17)11(10-16)20-15/h11-19H,2-10H2,1H3. The van der Waals surface area contributed by atoms with Crippen LogP contribution < -0.4 is 0 Å². The molecule has 5 unspecified atom stereocenters. The fraction of sp³-hybridized carbons (Fsp3) is 1.00. The normalized spacial score (nSPS) is 33.3. The van der Waals surface area contributed by atoms with E-state index in [0.717, 1.165) is 18.6 Å². The molecule has 1 aliphatic heterocycles. The lowest BCUT2D eigenvalue weighted by atomic mass is 10.0. The summed E-state index contributed by atoms with van der Waals surface area (Å²) in [7, 11) is 0. The van der Waals surface area contributed by atoms with Crippen LogP contribution in [0.1, 0.15) is 51.9 Å². The highest BCUT2D eigenvalue weighted by Crippen LogP contribution is 2.29. The van der Waals surface area contributed by atoms with E-state index in [1.54, 1.807) is 0 Å². The van der Waals surface area contributed by atoms with E-state index in [9.17, 15) is 15.3 Å². The lowest BCUT2D eigenvalue weighted by Gasteiger charge is -2.39. The van der Waals surface area contributed by atoms with Crippen molar-refractivity contribution in [2.24, 2.45) is 0 Å². The lowest BCUT2D eigenvalue weighted by molar-refractivity contribution is -0.205. The number of aliphatic hydroxyl groups excluding tert-OH is 4. The van der Waals surface area contributed by atoms with Gasteiger partial charge in [0.25, 0.3) is 0 Å². The summed E-state index contributed by atoms with van der Waals surface area (Å²) in [6.07, 6.45) is 4.14. The van der Waals surface area contributed by atoms with Gasteiger partial charge in [-0.25, -0.2) is 0 Å². The van der Waals surface area contributed by atoms with E-state index in [1.165, 1.54) is 43.9 Å². The zero-order valence-corrected chi connectivity index (χ0v) is 13.7. The van der Waals surface area contributed by atoms with Gasteiger partial charge in [0, 0.05) is 0 Å². The zero-order valence-electron chi connectivity index (χ0n) is 12.9. The maximum absolute atomic E-state index is 9.88. The molecule has 4 N–H and O–H groups in total. The summed E-state index contributed by atoms with van der Waals surface area (Å²) in [6.45, 7) is 1.84. The maximum atomic E-state index is 9.88. The van der Waals surface area contributed by atoms with E-state index in [-0.39, 0.29) is 6.61 Å². The van der Waals surface area contributed by atoms with E-state index >= 15 is 0 Å². The molecule has 1 aliphatic rings. The molecule has 1 rings (SSSR count). The molecule has 6 heteroatoms. The predicted molar refractivity (Wildman–Crippen MR) is 84.2 cm³/mol. The molecule has 5 nitrogen and oxygen atoms in total. The van der Waals surface area contributed by atoms with Crippen molar-refractivity contribution in [1.82, 2.24) is 0 Å². The van der Waals surface area contributed by atoms with Gasteiger partial charge in [-0.2, -0.15) is 0 Å². The Morgan fingerprint density at radius 2 is 1.48 bits per heavy atom. The molecule has 1 heterocycles. The van der Waals surface area contributed by atoms with Crippen LogP contribution in [-0.4, -0.2) is 62.6 Å². The Labute approximate surface area is 131 Å². The molecule has 126 valence electrons. The number of ether oxygens (including phenoxy) is 1. The van der Waals surface area contributed by atoms with Crippen molar-refractivity contribution in [3.63, 3.8) is 0 Å². The van der Waals surface area contributed by atoms with Crippen molar-refractivity contribution in [1.29, 1.82) is 0 Å². The van der Waals surface area contributed by atoms with E-state index in [2.05, 4.69) is 6.92 Å². The van der Waals surface area contributed by atoms with Crippen molar-refractivity contribution in [3.8, 4) is 0 Å². The summed E-state index contributed by atoms with van der Waals surface area (Å²) in [4.78, 5) is 0. The molecule has 0 spiro atoms. The van der Waals surface area contributed by atoms with Crippen LogP contribution in [0.25, 0.3) is 0 Å². The van der Waals surface area contributed by atoms with Crippen LogP contribution in [0.5, 0.6) is 0 Å². The van der Waals surface area contributed by atoms with Crippen molar-refractivity contribution in [3.05, 3.63) is 0 Å². The van der Waals surface area contributed by atoms with Gasteiger partial charge < -0.3 is 25.2 Å². The van der Waals surface area contributed by atoms with Crippen LogP contribution in [0.2, 0.25) is 0 Å². The monoisotopic (exact) mass is 322 g/mol. The second-order valence-corrected chi connectivity index (χ2v) is 6.90. The molecule has 0 aliphatic carbocycles. The Hall–Kier alpha value is 0.150. The van der Waals surface area contributed by atoms with Crippen molar-refractivity contribution in [2.75, 3.05) is 12.4 Å². The molecule has 21 heavy (non-hydrogen) atoms. The van der Waals surface area contributed by atoms with Crippen LogP contribution in [-0.2, 0) is 4.74 Å². The molecular weight excluding hydrogens is 292 g/mol. The van der Waals surface area contributed by atoms with Crippen LogP contribution in [0.15, 0.2) is 0 Å². The van der Waals surface area contributed by atoms with Gasteiger partial charge in [-0.05, 0) is 12.2 Å². The van der Waals surface area contributed by atoms with Gasteiger partial charge in [0.2, 0.25) is 0 Å². The average Bonchev–Trinajstić information content (AvgIpc) is 2.49. The molecule has 0 aromatic carbocycles. The van der Waals surface area contributed by atoms with Gasteiger partial charge in [-0.15, -0.1) is 11.8 Å². The Kier molecular flexibility index (Phi) is 9.88. The van der Waals surface area contributed by atoms with Gasteiger partial charge in [-0.1, -0.05) is 45.4 Å². The smallest absolute Gasteiger partial charge is 0.132 e. The largest absolute Gasteiger partial charge is 0.394 e. The third kappa shape index (κ3) is 6.42. The highest BCUT2D eigenvalue weighted by atomic mass is 32.2. The highest BCUT2D eigenvalue weighted by molar-refractivity contribution is 7.99. The van der Waals surface area contributed by atoms with E-state index < -0.39 is 29.9 Å². The van der Waals surface area contributed by atoms with E-state index in [4.69, 9.17) is 9.84 Å². The number of unbranched alkanes of at least 4 members (excludes halogenated alkanes) is 6. The summed E-state index contributed by atoms with van der Waals surface area (Å²) in [5, 5.41) is 38.4. The SMILES string of the molecule is CCCCCCCCCSC1OC(CO)C(O)C(O)C1O. The Morgan fingerprint density at radius 1 is 0.857 bits per heavy atom. The average molecular weight is 322 g/mol. The number of rotatable bonds is 10. The van der Waals surface area contributed by atoms with Gasteiger partial charge in [0.05, 0.1) is 6.61 Å². The first-order valence-corrected chi connectivity index (χ1v) is 9.08. The second kappa shape index (κ2) is 10.8. The van der Waals surface area contributed by atoms with Crippen LogP contribution >= 0.6 is 11.8 Å². The number of hydrogen-bond donors (Lipinski definition) is 4.